The average molecular weight is 402 g/mol. The first-order chi connectivity index (χ1) is 13.9. The van der Waals surface area contributed by atoms with Crippen LogP contribution in [0.4, 0.5) is 0 Å². The molecule has 4 heteroatoms. The van der Waals surface area contributed by atoms with Crippen LogP contribution in [0.2, 0.25) is 0 Å². The van der Waals surface area contributed by atoms with Crippen molar-refractivity contribution in [1.29, 1.82) is 0 Å². The maximum Gasteiger partial charge on any atom is 0.332 e. The van der Waals surface area contributed by atoms with Crippen LogP contribution < -0.4 is 5.32 Å². The summed E-state index contributed by atoms with van der Waals surface area (Å²) in [6.07, 6.45) is 15.7. The van der Waals surface area contributed by atoms with E-state index in [4.69, 9.17) is 4.74 Å². The Morgan fingerprint density at radius 3 is 2.17 bits per heavy atom. The molecule has 162 valence electrons. The summed E-state index contributed by atoms with van der Waals surface area (Å²) in [4.78, 5) is 25.4. The molecule has 0 bridgehead atoms. The summed E-state index contributed by atoms with van der Waals surface area (Å²) in [6, 6.07) is 0. The van der Waals surface area contributed by atoms with Crippen molar-refractivity contribution in [2.45, 2.75) is 66.3 Å². The Hall–Kier alpha value is -2.62. The molecular weight excluding hydrogens is 362 g/mol. The molecular formula is C25H39NO3. The molecule has 0 radical (unpaired) electrons. The zero-order chi connectivity index (χ0) is 22.7. The van der Waals surface area contributed by atoms with E-state index < -0.39 is 11.5 Å². The van der Waals surface area contributed by atoms with Crippen molar-refractivity contribution < 1.29 is 14.3 Å². The fourth-order valence-electron chi connectivity index (χ4n) is 2.42. The maximum absolute atomic E-state index is 12.8. The fraction of sp³-hybridized carbons (Fsp3) is 0.440. The zero-order valence-electron chi connectivity index (χ0n) is 19.1. The molecule has 0 aromatic carbocycles. The third kappa shape index (κ3) is 11.1. The first-order valence-electron chi connectivity index (χ1n) is 10.3. The van der Waals surface area contributed by atoms with Gasteiger partial charge in [-0.05, 0) is 38.3 Å². The molecule has 0 saturated heterocycles. The van der Waals surface area contributed by atoms with Gasteiger partial charge in [-0.25, -0.2) is 4.79 Å². The molecule has 0 rings (SSSR count). The molecule has 0 saturated carbocycles. The number of rotatable bonds is 12. The van der Waals surface area contributed by atoms with Crippen molar-refractivity contribution >= 4 is 11.9 Å². The normalized spacial score (nSPS) is 13.7. The summed E-state index contributed by atoms with van der Waals surface area (Å²) in [5.41, 5.74) is -0.000428. The molecule has 4 nitrogen and oxygen atoms in total. The standard InChI is InChI=1S/C23H33NO3.C2H6/c1-7-12-14-15-19(6)18-27-22(26)23(11-5,17-9-3)24-21(25)20(10-4)16-13-8-2;1-2/h7-8,10,12-16H,4,6,9,11,17-18H2,1-3,5H3,(H,24,25);1-2H3/b12-7-,13-8-,15-14-,20-16+;. The quantitative estimate of drug-likeness (QED) is 0.248. The van der Waals surface area contributed by atoms with Gasteiger partial charge in [0.2, 0.25) is 0 Å². The molecule has 1 amide bonds. The van der Waals surface area contributed by atoms with E-state index in [1.165, 1.54) is 6.08 Å². The van der Waals surface area contributed by atoms with E-state index in [9.17, 15) is 9.59 Å². The first-order valence-corrected chi connectivity index (χ1v) is 10.3. The number of ether oxygens (including phenoxy) is 1. The van der Waals surface area contributed by atoms with Crippen molar-refractivity contribution in [3.63, 3.8) is 0 Å². The summed E-state index contributed by atoms with van der Waals surface area (Å²) >= 11 is 0. The van der Waals surface area contributed by atoms with Gasteiger partial charge in [-0.3, -0.25) is 4.79 Å². The SMILES string of the molecule is C=C/C(=C\C=C/C)C(=O)NC(CC)(CCC)C(=O)OCC(=C)/C=C\C=C/C.CC. The highest BCUT2D eigenvalue weighted by Gasteiger charge is 2.39. The highest BCUT2D eigenvalue weighted by atomic mass is 16.5. The lowest BCUT2D eigenvalue weighted by molar-refractivity contribution is -0.153. The highest BCUT2D eigenvalue weighted by molar-refractivity contribution is 5.99. The predicted molar refractivity (Wildman–Crippen MR) is 125 cm³/mol. The maximum atomic E-state index is 12.8. The lowest BCUT2D eigenvalue weighted by atomic mass is 9.90. The van der Waals surface area contributed by atoms with Crippen molar-refractivity contribution in [2.24, 2.45) is 0 Å². The molecule has 0 fully saturated rings. The fourth-order valence-corrected chi connectivity index (χ4v) is 2.42. The van der Waals surface area contributed by atoms with Gasteiger partial charge in [0, 0.05) is 5.57 Å². The molecule has 29 heavy (non-hydrogen) atoms. The topological polar surface area (TPSA) is 55.4 Å². The van der Waals surface area contributed by atoms with E-state index in [2.05, 4.69) is 18.5 Å². The average Bonchev–Trinajstić information content (AvgIpc) is 2.73. The Balaban J connectivity index is 0. The number of esters is 1. The van der Waals surface area contributed by atoms with E-state index >= 15 is 0 Å². The molecule has 0 aliphatic heterocycles. The number of hydrogen-bond acceptors (Lipinski definition) is 3. The molecule has 0 aliphatic carbocycles. The molecule has 1 atom stereocenters. The minimum absolute atomic E-state index is 0.0803. The van der Waals surface area contributed by atoms with Crippen LogP contribution in [0.15, 0.2) is 72.9 Å². The summed E-state index contributed by atoms with van der Waals surface area (Å²) in [5.74, 6) is -0.794. The Bertz CT molecular complexity index is 638. The smallest absolute Gasteiger partial charge is 0.332 e. The van der Waals surface area contributed by atoms with Gasteiger partial charge in [-0.2, -0.15) is 0 Å². The van der Waals surface area contributed by atoms with Crippen LogP contribution in [0.1, 0.15) is 60.8 Å². The van der Waals surface area contributed by atoms with Crippen LogP contribution in [-0.2, 0) is 14.3 Å². The highest BCUT2D eigenvalue weighted by Crippen LogP contribution is 2.21. The molecule has 1 unspecified atom stereocenters. The summed E-state index contributed by atoms with van der Waals surface area (Å²) in [6.45, 7) is 19.2. The van der Waals surface area contributed by atoms with E-state index in [1.807, 2.05) is 65.8 Å². The lowest BCUT2D eigenvalue weighted by Crippen LogP contribution is -2.55. The van der Waals surface area contributed by atoms with Gasteiger partial charge in [0.05, 0.1) is 0 Å². The van der Waals surface area contributed by atoms with Gasteiger partial charge < -0.3 is 10.1 Å². The number of amides is 1. The molecule has 0 aromatic heterocycles. The Morgan fingerprint density at radius 2 is 1.69 bits per heavy atom. The van der Waals surface area contributed by atoms with Crippen LogP contribution in [0.25, 0.3) is 0 Å². The van der Waals surface area contributed by atoms with E-state index in [0.717, 1.165) is 6.42 Å². The van der Waals surface area contributed by atoms with Gasteiger partial charge >= 0.3 is 5.97 Å². The van der Waals surface area contributed by atoms with E-state index in [1.54, 1.807) is 18.2 Å². The zero-order valence-corrected chi connectivity index (χ0v) is 19.1. The predicted octanol–water partition coefficient (Wildman–Crippen LogP) is 6.00. The second-order valence-electron chi connectivity index (χ2n) is 6.11. The second-order valence-corrected chi connectivity index (χ2v) is 6.11. The van der Waals surface area contributed by atoms with E-state index in [0.29, 0.717) is 24.0 Å². The largest absolute Gasteiger partial charge is 0.459 e. The Morgan fingerprint density at radius 1 is 1.07 bits per heavy atom. The first kappa shape index (κ1) is 28.6. The van der Waals surface area contributed by atoms with Crippen LogP contribution in [-0.4, -0.2) is 24.0 Å². The van der Waals surface area contributed by atoms with Crippen molar-refractivity contribution in [1.82, 2.24) is 5.32 Å². The second kappa shape index (κ2) is 17.5. The van der Waals surface area contributed by atoms with Crippen LogP contribution in [0.3, 0.4) is 0 Å². The van der Waals surface area contributed by atoms with Crippen LogP contribution in [0, 0.1) is 0 Å². The molecule has 0 aliphatic rings. The van der Waals surface area contributed by atoms with Gasteiger partial charge in [-0.15, -0.1) is 0 Å². The minimum atomic E-state index is -1.07. The van der Waals surface area contributed by atoms with Crippen molar-refractivity contribution in [3.05, 3.63) is 72.9 Å². The number of allylic oxidation sites excluding steroid dienone is 6. The lowest BCUT2D eigenvalue weighted by Gasteiger charge is -2.31. The number of carbonyl (C=O) groups excluding carboxylic acids is 2. The summed E-state index contributed by atoms with van der Waals surface area (Å²) < 4.78 is 5.45. The third-order valence-corrected chi connectivity index (χ3v) is 4.00. The summed E-state index contributed by atoms with van der Waals surface area (Å²) in [5, 5.41) is 2.87. The van der Waals surface area contributed by atoms with Gasteiger partial charge in [0.15, 0.2) is 0 Å². The van der Waals surface area contributed by atoms with Crippen molar-refractivity contribution in [3.8, 4) is 0 Å². The number of carbonyl (C=O) groups is 2. The third-order valence-electron chi connectivity index (χ3n) is 4.00. The molecule has 0 aromatic rings. The van der Waals surface area contributed by atoms with Crippen molar-refractivity contribution in [2.75, 3.05) is 6.61 Å². The van der Waals surface area contributed by atoms with Gasteiger partial charge in [0.1, 0.15) is 12.1 Å². The van der Waals surface area contributed by atoms with Gasteiger partial charge in [-0.1, -0.05) is 89.8 Å². The molecule has 0 heterocycles. The number of nitrogens with one attached hydrogen (secondary N) is 1. The Kier molecular flexibility index (Phi) is 17.2. The number of hydrogen-bond donors (Lipinski definition) is 1. The summed E-state index contributed by atoms with van der Waals surface area (Å²) in [7, 11) is 0. The van der Waals surface area contributed by atoms with E-state index in [-0.39, 0.29) is 12.5 Å². The van der Waals surface area contributed by atoms with Crippen LogP contribution in [0.5, 0.6) is 0 Å². The monoisotopic (exact) mass is 401 g/mol. The molecule has 1 N–H and O–H groups in total. The molecule has 0 spiro atoms. The van der Waals surface area contributed by atoms with Gasteiger partial charge in [0.25, 0.3) is 5.91 Å². The van der Waals surface area contributed by atoms with Crippen LogP contribution >= 0.6 is 0 Å². The Labute approximate surface area is 177 Å². The minimum Gasteiger partial charge on any atom is -0.459 e.